The van der Waals surface area contributed by atoms with Crippen molar-refractivity contribution in [3.05, 3.63) is 47.7 Å². The molecule has 3 unspecified atom stereocenters. The van der Waals surface area contributed by atoms with Gasteiger partial charge in [-0.3, -0.25) is 14.7 Å². The molecule has 1 aromatic rings. The number of carbonyl (C=O) groups excluding carboxylic acids is 1. The molecule has 0 spiro atoms. The Morgan fingerprint density at radius 1 is 1.42 bits per heavy atom. The van der Waals surface area contributed by atoms with Gasteiger partial charge in [0.05, 0.1) is 28.3 Å². The molecule has 3 rings (SSSR count). The highest BCUT2D eigenvalue weighted by Crippen LogP contribution is 2.46. The normalized spacial score (nSPS) is 29.4. The minimum absolute atomic E-state index is 0.0322. The van der Waals surface area contributed by atoms with Gasteiger partial charge in [-0.15, -0.1) is 0 Å². The van der Waals surface area contributed by atoms with E-state index in [9.17, 15) is 15.3 Å². The van der Waals surface area contributed by atoms with Crippen molar-refractivity contribution in [1.29, 1.82) is 10.5 Å². The van der Waals surface area contributed by atoms with Crippen LogP contribution in [0.4, 0.5) is 4.39 Å². The molecule has 4 atom stereocenters. The number of halogens is 1. The lowest BCUT2D eigenvalue weighted by atomic mass is 9.74. The van der Waals surface area contributed by atoms with E-state index in [2.05, 4.69) is 17.1 Å². The Morgan fingerprint density at radius 2 is 2.13 bits per heavy atom. The maximum absolute atomic E-state index is 15.0. The zero-order valence-electron chi connectivity index (χ0n) is 17.3. The second kappa shape index (κ2) is 9.19. The third-order valence-electron chi connectivity index (χ3n) is 6.13. The molecule has 1 fully saturated rings. The van der Waals surface area contributed by atoms with Crippen LogP contribution in [0.3, 0.4) is 0 Å². The highest BCUT2D eigenvalue weighted by atomic mass is 32.2. The van der Waals surface area contributed by atoms with Crippen molar-refractivity contribution in [3.63, 3.8) is 0 Å². The molecule has 9 heteroatoms. The summed E-state index contributed by atoms with van der Waals surface area (Å²) in [6, 6.07) is 13.5. The number of nitrogens with two attached hydrogens (primary N) is 2. The molecule has 1 saturated heterocycles. The Hall–Kier alpha value is -2.72. The predicted molar refractivity (Wildman–Crippen MR) is 118 cm³/mol. The van der Waals surface area contributed by atoms with Crippen molar-refractivity contribution in [2.24, 2.45) is 22.4 Å². The van der Waals surface area contributed by atoms with Gasteiger partial charge in [0.2, 0.25) is 5.91 Å². The lowest BCUT2D eigenvalue weighted by molar-refractivity contribution is -0.117. The van der Waals surface area contributed by atoms with Gasteiger partial charge >= 0.3 is 0 Å². The zero-order valence-corrected chi connectivity index (χ0v) is 18.1. The van der Waals surface area contributed by atoms with E-state index in [-0.39, 0.29) is 19.5 Å². The molecule has 31 heavy (non-hydrogen) atoms. The van der Waals surface area contributed by atoms with Gasteiger partial charge in [-0.05, 0) is 18.4 Å². The van der Waals surface area contributed by atoms with Gasteiger partial charge in [0.15, 0.2) is 0 Å². The summed E-state index contributed by atoms with van der Waals surface area (Å²) in [5.41, 5.74) is 9.70. The molecule has 7 nitrogen and oxygen atoms in total. The highest BCUT2D eigenvalue weighted by molar-refractivity contribution is 8.14. The number of rotatable bonds is 6. The number of alkyl halides is 1. The SMILES string of the molecule is CCC1(N2CC[C@](F)(CN)C2)C(C#N)=CN=C(SC(C(N)=O)c2ccccc2)C1C#N. The second-order valence-electron chi connectivity index (χ2n) is 7.80. The lowest BCUT2D eigenvalue weighted by Crippen LogP contribution is -2.57. The minimum atomic E-state index is -1.57. The van der Waals surface area contributed by atoms with E-state index in [1.165, 1.54) is 6.20 Å². The van der Waals surface area contributed by atoms with Crippen LogP contribution in [-0.2, 0) is 4.79 Å². The molecule has 2 aliphatic heterocycles. The summed E-state index contributed by atoms with van der Waals surface area (Å²) in [5.74, 6) is -1.41. The van der Waals surface area contributed by atoms with Gasteiger partial charge in [0.25, 0.3) is 0 Å². The first-order valence-corrected chi connectivity index (χ1v) is 11.0. The van der Waals surface area contributed by atoms with E-state index in [0.29, 0.717) is 29.1 Å². The van der Waals surface area contributed by atoms with Crippen molar-refractivity contribution in [1.82, 2.24) is 4.90 Å². The number of amides is 1. The number of thioether (sulfide) groups is 1. The van der Waals surface area contributed by atoms with Crippen molar-refractivity contribution in [2.45, 2.75) is 36.2 Å². The third kappa shape index (κ3) is 4.09. The molecular formula is C22H25FN6OS. The Bertz CT molecular complexity index is 984. The maximum atomic E-state index is 15.0. The average Bonchev–Trinajstić information content (AvgIpc) is 3.19. The summed E-state index contributed by atoms with van der Waals surface area (Å²) in [6.45, 7) is 2.14. The van der Waals surface area contributed by atoms with Crippen LogP contribution in [0.2, 0.25) is 0 Å². The van der Waals surface area contributed by atoms with Crippen LogP contribution in [-0.4, -0.2) is 46.7 Å². The van der Waals surface area contributed by atoms with Gasteiger partial charge in [0.1, 0.15) is 16.8 Å². The van der Waals surface area contributed by atoms with Gasteiger partial charge < -0.3 is 11.5 Å². The number of primary amides is 1. The number of hydrogen-bond acceptors (Lipinski definition) is 7. The minimum Gasteiger partial charge on any atom is -0.368 e. The number of benzene rings is 1. The molecule has 4 N–H and O–H groups in total. The Morgan fingerprint density at radius 3 is 2.65 bits per heavy atom. The van der Waals surface area contributed by atoms with Crippen molar-refractivity contribution in [3.8, 4) is 12.1 Å². The molecule has 1 amide bonds. The molecule has 0 aromatic heterocycles. The van der Waals surface area contributed by atoms with E-state index in [0.717, 1.165) is 11.8 Å². The van der Waals surface area contributed by atoms with Gasteiger partial charge in [0, 0.05) is 25.8 Å². The van der Waals surface area contributed by atoms with Crippen LogP contribution in [0.25, 0.3) is 0 Å². The van der Waals surface area contributed by atoms with Crippen LogP contribution >= 0.6 is 11.8 Å². The molecule has 162 valence electrons. The van der Waals surface area contributed by atoms with E-state index >= 15 is 4.39 Å². The molecule has 0 bridgehead atoms. The fourth-order valence-corrected chi connectivity index (χ4v) is 5.56. The topological polar surface area (TPSA) is 132 Å². The summed E-state index contributed by atoms with van der Waals surface area (Å²) >= 11 is 1.11. The Balaban J connectivity index is 2.03. The molecule has 0 saturated carbocycles. The fourth-order valence-electron chi connectivity index (χ4n) is 4.41. The largest absolute Gasteiger partial charge is 0.368 e. The van der Waals surface area contributed by atoms with Gasteiger partial charge in [-0.1, -0.05) is 49.0 Å². The quantitative estimate of drug-likeness (QED) is 0.698. The Labute approximate surface area is 185 Å². The molecule has 2 heterocycles. The standard InChI is InChI=1S/C22H25FN6OS/c1-2-22(29-9-8-21(23,13-26)14-29)16(10-24)12-28-20(17(22)11-25)31-18(19(27)30)15-6-4-3-5-7-15/h3-7,12,17-18H,2,8-9,13-14,26H2,1H3,(H2,27,30)/t17?,18?,21-,22?/m0/s1. The number of carbonyl (C=O) groups is 1. The number of aliphatic imine (C=N–C) groups is 1. The Kier molecular flexibility index (Phi) is 6.80. The first-order valence-electron chi connectivity index (χ1n) is 10.1. The van der Waals surface area contributed by atoms with Crippen LogP contribution in [0, 0.1) is 28.6 Å². The predicted octanol–water partition coefficient (Wildman–Crippen LogP) is 2.43. The number of likely N-dealkylation sites (tertiary alicyclic amines) is 1. The molecule has 0 aliphatic carbocycles. The molecule has 0 radical (unpaired) electrons. The van der Waals surface area contributed by atoms with Gasteiger partial charge in [-0.25, -0.2) is 4.39 Å². The van der Waals surface area contributed by atoms with E-state index in [1.54, 1.807) is 24.3 Å². The smallest absolute Gasteiger partial charge is 0.235 e. The highest BCUT2D eigenvalue weighted by Gasteiger charge is 2.55. The first-order chi connectivity index (χ1) is 14.8. The van der Waals surface area contributed by atoms with Crippen molar-refractivity contribution < 1.29 is 9.18 Å². The third-order valence-corrected chi connectivity index (χ3v) is 7.46. The lowest BCUT2D eigenvalue weighted by Gasteiger charge is -2.46. The monoisotopic (exact) mass is 440 g/mol. The van der Waals surface area contributed by atoms with Crippen molar-refractivity contribution in [2.75, 3.05) is 19.6 Å². The number of nitriles is 2. The summed E-state index contributed by atoms with van der Waals surface area (Å²) in [4.78, 5) is 18.4. The average molecular weight is 441 g/mol. The first kappa shape index (κ1) is 23.0. The van der Waals surface area contributed by atoms with Crippen LogP contribution in [0.5, 0.6) is 0 Å². The second-order valence-corrected chi connectivity index (χ2v) is 8.92. The van der Waals surface area contributed by atoms with Crippen LogP contribution in [0.1, 0.15) is 30.6 Å². The molecule has 2 aliphatic rings. The van der Waals surface area contributed by atoms with E-state index in [4.69, 9.17) is 11.5 Å². The van der Waals surface area contributed by atoms with Crippen LogP contribution in [0.15, 0.2) is 47.1 Å². The van der Waals surface area contributed by atoms with Gasteiger partial charge in [-0.2, -0.15) is 10.5 Å². The summed E-state index contributed by atoms with van der Waals surface area (Å²) in [6.07, 6.45) is 2.07. The van der Waals surface area contributed by atoms with Crippen molar-refractivity contribution >= 4 is 22.7 Å². The zero-order chi connectivity index (χ0) is 22.6. The number of nitrogens with zero attached hydrogens (tertiary/aromatic N) is 4. The van der Waals surface area contributed by atoms with Crippen LogP contribution < -0.4 is 11.5 Å². The van der Waals surface area contributed by atoms with E-state index < -0.39 is 28.3 Å². The molecule has 1 aromatic carbocycles. The number of hydrogen-bond donors (Lipinski definition) is 2. The molecular weight excluding hydrogens is 415 g/mol. The summed E-state index contributed by atoms with van der Waals surface area (Å²) in [5, 5.41) is 19.6. The maximum Gasteiger partial charge on any atom is 0.235 e. The fraction of sp³-hybridized carbons (Fsp3) is 0.455. The van der Waals surface area contributed by atoms with E-state index in [1.807, 2.05) is 17.9 Å². The summed E-state index contributed by atoms with van der Waals surface area (Å²) < 4.78 is 15.0. The summed E-state index contributed by atoms with van der Waals surface area (Å²) in [7, 11) is 0.